The lowest BCUT2D eigenvalue weighted by molar-refractivity contribution is 0.124. The zero-order valence-electron chi connectivity index (χ0n) is 12.0. The third-order valence-electron chi connectivity index (χ3n) is 3.02. The minimum Gasteiger partial charge on any atom is -0.381 e. The Morgan fingerprint density at radius 1 is 1.22 bits per heavy atom. The van der Waals surface area contributed by atoms with Crippen LogP contribution in [0.15, 0.2) is 24.3 Å². The predicted molar refractivity (Wildman–Crippen MR) is 78.1 cm³/mol. The number of hydrogen-bond acceptors (Lipinski definition) is 2. The Bertz CT molecular complexity index is 325. The smallest absolute Gasteiger partial charge is 0.0480 e. The largest absolute Gasteiger partial charge is 0.381 e. The number of nitrogens with one attached hydrogen (secondary N) is 1. The summed E-state index contributed by atoms with van der Waals surface area (Å²) in [6.45, 7) is 9.21. The Morgan fingerprint density at radius 3 is 2.72 bits per heavy atom. The topological polar surface area (TPSA) is 21.3 Å². The molecule has 1 N–H and O–H groups in total. The second kappa shape index (κ2) is 9.12. The molecule has 0 amide bonds. The van der Waals surface area contributed by atoms with E-state index in [4.69, 9.17) is 4.74 Å². The summed E-state index contributed by atoms with van der Waals surface area (Å²) >= 11 is 0. The van der Waals surface area contributed by atoms with E-state index in [2.05, 4.69) is 50.4 Å². The van der Waals surface area contributed by atoms with Crippen LogP contribution in [-0.2, 0) is 11.2 Å². The van der Waals surface area contributed by atoms with Crippen molar-refractivity contribution >= 4 is 0 Å². The lowest BCUT2D eigenvalue weighted by atomic mass is 10.0. The first kappa shape index (κ1) is 15.2. The molecule has 0 aliphatic rings. The molecule has 1 unspecified atom stereocenters. The van der Waals surface area contributed by atoms with Crippen molar-refractivity contribution in [2.45, 2.75) is 46.1 Å². The van der Waals surface area contributed by atoms with E-state index in [1.807, 2.05) is 0 Å². The fourth-order valence-electron chi connectivity index (χ4n) is 2.16. The molecule has 18 heavy (non-hydrogen) atoms. The number of benzene rings is 1. The van der Waals surface area contributed by atoms with Gasteiger partial charge in [0, 0.05) is 19.3 Å². The van der Waals surface area contributed by atoms with Gasteiger partial charge in [-0.05, 0) is 38.3 Å². The quantitative estimate of drug-likeness (QED) is 0.678. The van der Waals surface area contributed by atoms with Gasteiger partial charge in [-0.1, -0.05) is 43.7 Å². The van der Waals surface area contributed by atoms with Crippen molar-refractivity contribution in [1.29, 1.82) is 0 Å². The summed E-state index contributed by atoms with van der Waals surface area (Å²) in [4.78, 5) is 0. The molecule has 0 fully saturated rings. The molecule has 2 heteroatoms. The fraction of sp³-hybridized carbons (Fsp3) is 0.625. The lowest BCUT2D eigenvalue weighted by Gasteiger charge is -2.18. The Labute approximate surface area is 112 Å². The van der Waals surface area contributed by atoms with Crippen LogP contribution in [0.2, 0.25) is 0 Å². The zero-order chi connectivity index (χ0) is 13.2. The predicted octanol–water partition coefficient (Wildman–Crippen LogP) is 3.33. The van der Waals surface area contributed by atoms with E-state index in [9.17, 15) is 0 Å². The molecule has 0 aliphatic heterocycles. The molecule has 1 atom stereocenters. The first-order valence-electron chi connectivity index (χ1n) is 7.13. The Kier molecular flexibility index (Phi) is 7.70. The maximum Gasteiger partial charge on any atom is 0.0480 e. The molecule has 2 nitrogen and oxygen atoms in total. The van der Waals surface area contributed by atoms with Crippen molar-refractivity contribution in [3.63, 3.8) is 0 Å². The SMILES string of the molecule is CCCOCCC(Cc1cccc(C)c1)NCC. The maximum atomic E-state index is 5.58. The van der Waals surface area contributed by atoms with E-state index in [0.29, 0.717) is 6.04 Å². The van der Waals surface area contributed by atoms with E-state index in [-0.39, 0.29) is 0 Å². The van der Waals surface area contributed by atoms with E-state index in [1.165, 1.54) is 11.1 Å². The van der Waals surface area contributed by atoms with Crippen LogP contribution in [0.4, 0.5) is 0 Å². The third-order valence-corrected chi connectivity index (χ3v) is 3.02. The third kappa shape index (κ3) is 6.18. The molecule has 0 aromatic heterocycles. The molecule has 1 aromatic rings. The second-order valence-corrected chi connectivity index (χ2v) is 4.85. The van der Waals surface area contributed by atoms with E-state index >= 15 is 0 Å². The van der Waals surface area contributed by atoms with Crippen molar-refractivity contribution in [1.82, 2.24) is 5.32 Å². The van der Waals surface area contributed by atoms with Crippen LogP contribution in [0.1, 0.15) is 37.8 Å². The summed E-state index contributed by atoms with van der Waals surface area (Å²) in [5.74, 6) is 0. The standard InChI is InChI=1S/C16H27NO/c1-4-10-18-11-9-16(17-5-2)13-15-8-6-7-14(3)12-15/h6-8,12,16-17H,4-5,9-11,13H2,1-3H3. The number of ether oxygens (including phenoxy) is 1. The van der Waals surface area contributed by atoms with Crippen LogP contribution in [0, 0.1) is 6.92 Å². The van der Waals surface area contributed by atoms with Gasteiger partial charge in [0.15, 0.2) is 0 Å². The molecule has 1 rings (SSSR count). The van der Waals surface area contributed by atoms with Crippen LogP contribution in [0.5, 0.6) is 0 Å². The Hall–Kier alpha value is -0.860. The normalized spacial score (nSPS) is 12.6. The molecular weight excluding hydrogens is 222 g/mol. The van der Waals surface area contributed by atoms with Gasteiger partial charge in [-0.25, -0.2) is 0 Å². The van der Waals surface area contributed by atoms with Crippen LogP contribution in [0.3, 0.4) is 0 Å². The van der Waals surface area contributed by atoms with Gasteiger partial charge in [-0.15, -0.1) is 0 Å². The van der Waals surface area contributed by atoms with Crippen LogP contribution < -0.4 is 5.32 Å². The number of rotatable bonds is 9. The van der Waals surface area contributed by atoms with Crippen molar-refractivity contribution in [2.24, 2.45) is 0 Å². The molecule has 0 bridgehead atoms. The Morgan fingerprint density at radius 2 is 2.06 bits per heavy atom. The van der Waals surface area contributed by atoms with E-state index in [1.54, 1.807) is 0 Å². The number of aryl methyl sites for hydroxylation is 1. The lowest BCUT2D eigenvalue weighted by Crippen LogP contribution is -2.32. The number of hydrogen-bond donors (Lipinski definition) is 1. The number of likely N-dealkylation sites (N-methyl/N-ethyl adjacent to an activating group) is 1. The first-order chi connectivity index (χ1) is 8.76. The molecule has 0 saturated heterocycles. The second-order valence-electron chi connectivity index (χ2n) is 4.85. The van der Waals surface area contributed by atoms with Gasteiger partial charge in [0.25, 0.3) is 0 Å². The highest BCUT2D eigenvalue weighted by atomic mass is 16.5. The van der Waals surface area contributed by atoms with E-state index < -0.39 is 0 Å². The highest BCUT2D eigenvalue weighted by Crippen LogP contribution is 2.09. The monoisotopic (exact) mass is 249 g/mol. The molecule has 0 spiro atoms. The summed E-state index contributed by atoms with van der Waals surface area (Å²) < 4.78 is 5.58. The van der Waals surface area contributed by atoms with Gasteiger partial charge in [-0.2, -0.15) is 0 Å². The van der Waals surface area contributed by atoms with Gasteiger partial charge in [-0.3, -0.25) is 0 Å². The van der Waals surface area contributed by atoms with E-state index in [0.717, 1.165) is 39.0 Å². The molecule has 0 radical (unpaired) electrons. The zero-order valence-corrected chi connectivity index (χ0v) is 12.0. The first-order valence-corrected chi connectivity index (χ1v) is 7.13. The molecule has 0 saturated carbocycles. The summed E-state index contributed by atoms with van der Waals surface area (Å²) in [6, 6.07) is 9.30. The van der Waals surface area contributed by atoms with Crippen LogP contribution in [0.25, 0.3) is 0 Å². The fourth-order valence-corrected chi connectivity index (χ4v) is 2.16. The minimum absolute atomic E-state index is 0.522. The minimum atomic E-state index is 0.522. The van der Waals surface area contributed by atoms with Gasteiger partial charge in [0.1, 0.15) is 0 Å². The van der Waals surface area contributed by atoms with Crippen molar-refractivity contribution in [3.8, 4) is 0 Å². The summed E-state index contributed by atoms with van der Waals surface area (Å²) in [7, 11) is 0. The van der Waals surface area contributed by atoms with Gasteiger partial charge < -0.3 is 10.1 Å². The molecule has 102 valence electrons. The van der Waals surface area contributed by atoms with Gasteiger partial charge in [0.2, 0.25) is 0 Å². The maximum absolute atomic E-state index is 5.58. The van der Waals surface area contributed by atoms with Crippen molar-refractivity contribution < 1.29 is 4.74 Å². The summed E-state index contributed by atoms with van der Waals surface area (Å²) in [5.41, 5.74) is 2.75. The van der Waals surface area contributed by atoms with Gasteiger partial charge >= 0.3 is 0 Å². The molecule has 1 aromatic carbocycles. The average Bonchev–Trinajstić information content (AvgIpc) is 2.35. The molecule has 0 heterocycles. The van der Waals surface area contributed by atoms with Crippen molar-refractivity contribution in [3.05, 3.63) is 35.4 Å². The Balaban J connectivity index is 2.41. The average molecular weight is 249 g/mol. The van der Waals surface area contributed by atoms with Crippen LogP contribution >= 0.6 is 0 Å². The van der Waals surface area contributed by atoms with Crippen LogP contribution in [-0.4, -0.2) is 25.8 Å². The highest BCUT2D eigenvalue weighted by molar-refractivity contribution is 5.22. The highest BCUT2D eigenvalue weighted by Gasteiger charge is 2.08. The molecular formula is C16H27NO. The van der Waals surface area contributed by atoms with Crippen molar-refractivity contribution in [2.75, 3.05) is 19.8 Å². The van der Waals surface area contributed by atoms with Gasteiger partial charge in [0.05, 0.1) is 0 Å². The summed E-state index contributed by atoms with van der Waals surface area (Å²) in [5, 5.41) is 3.55. The summed E-state index contributed by atoms with van der Waals surface area (Å²) in [6.07, 6.45) is 3.27. The molecule has 0 aliphatic carbocycles.